The maximum Gasteiger partial charge on any atom is 0.243 e. The van der Waals surface area contributed by atoms with Crippen LogP contribution in [0.25, 0.3) is 0 Å². The number of hydrogen-bond donors (Lipinski definition) is 2. The monoisotopic (exact) mass is 314 g/mol. The highest BCUT2D eigenvalue weighted by Crippen LogP contribution is 2.18. The summed E-state index contributed by atoms with van der Waals surface area (Å²) < 4.78 is 28.8. The van der Waals surface area contributed by atoms with Crippen LogP contribution in [-0.4, -0.2) is 36.8 Å². The first kappa shape index (κ1) is 16.5. The van der Waals surface area contributed by atoms with E-state index in [1.807, 2.05) is 20.8 Å². The molecule has 1 unspecified atom stereocenters. The SMILES string of the molecule is CC(C)C(C)NS(=O)(=O)c1cnn(CCCNC2CC2)c1. The largest absolute Gasteiger partial charge is 0.314 e. The summed E-state index contributed by atoms with van der Waals surface area (Å²) >= 11 is 0. The average molecular weight is 314 g/mol. The molecule has 1 aliphatic carbocycles. The highest BCUT2D eigenvalue weighted by Gasteiger charge is 2.21. The number of nitrogens with zero attached hydrogens (tertiary/aromatic N) is 2. The molecule has 1 aromatic heterocycles. The fraction of sp³-hybridized carbons (Fsp3) is 0.786. The van der Waals surface area contributed by atoms with E-state index < -0.39 is 10.0 Å². The Morgan fingerprint density at radius 1 is 1.38 bits per heavy atom. The van der Waals surface area contributed by atoms with Crippen molar-refractivity contribution in [1.29, 1.82) is 0 Å². The summed E-state index contributed by atoms with van der Waals surface area (Å²) in [6, 6.07) is 0.612. The molecule has 2 rings (SSSR count). The third kappa shape index (κ3) is 5.09. The fourth-order valence-corrected chi connectivity index (χ4v) is 3.23. The van der Waals surface area contributed by atoms with Crippen molar-refractivity contribution in [3.63, 3.8) is 0 Å². The van der Waals surface area contributed by atoms with Crippen LogP contribution in [0.2, 0.25) is 0 Å². The summed E-state index contributed by atoms with van der Waals surface area (Å²) in [6.07, 6.45) is 6.54. The van der Waals surface area contributed by atoms with Gasteiger partial charge in [0.25, 0.3) is 0 Å². The Morgan fingerprint density at radius 2 is 2.10 bits per heavy atom. The van der Waals surface area contributed by atoms with Gasteiger partial charge in [0.1, 0.15) is 4.90 Å². The molecule has 1 aromatic rings. The molecule has 0 saturated heterocycles. The summed E-state index contributed by atoms with van der Waals surface area (Å²) in [4.78, 5) is 0.241. The van der Waals surface area contributed by atoms with Gasteiger partial charge < -0.3 is 5.32 Å². The predicted molar refractivity (Wildman–Crippen MR) is 82.5 cm³/mol. The van der Waals surface area contributed by atoms with Crippen LogP contribution in [0.3, 0.4) is 0 Å². The summed E-state index contributed by atoms with van der Waals surface area (Å²) in [6.45, 7) is 7.54. The highest BCUT2D eigenvalue weighted by atomic mass is 32.2. The minimum Gasteiger partial charge on any atom is -0.314 e. The van der Waals surface area contributed by atoms with E-state index in [-0.39, 0.29) is 16.9 Å². The number of nitrogens with one attached hydrogen (secondary N) is 2. The lowest BCUT2D eigenvalue weighted by molar-refractivity contribution is 0.476. The molecule has 1 saturated carbocycles. The Morgan fingerprint density at radius 3 is 2.71 bits per heavy atom. The van der Waals surface area contributed by atoms with Crippen molar-refractivity contribution in [2.45, 2.75) is 63.6 Å². The van der Waals surface area contributed by atoms with Crippen molar-refractivity contribution in [2.24, 2.45) is 5.92 Å². The van der Waals surface area contributed by atoms with Crippen LogP contribution in [0.5, 0.6) is 0 Å². The van der Waals surface area contributed by atoms with Gasteiger partial charge in [0, 0.05) is 24.8 Å². The van der Waals surface area contributed by atoms with Gasteiger partial charge in [0.2, 0.25) is 10.0 Å². The van der Waals surface area contributed by atoms with Gasteiger partial charge in [0.05, 0.1) is 6.20 Å². The molecule has 1 atom stereocenters. The van der Waals surface area contributed by atoms with Gasteiger partial charge in [-0.15, -0.1) is 0 Å². The molecular weight excluding hydrogens is 288 g/mol. The van der Waals surface area contributed by atoms with Crippen LogP contribution in [0.1, 0.15) is 40.0 Å². The highest BCUT2D eigenvalue weighted by molar-refractivity contribution is 7.89. The van der Waals surface area contributed by atoms with Gasteiger partial charge in [0.15, 0.2) is 0 Å². The molecule has 120 valence electrons. The normalized spacial score (nSPS) is 17.3. The van der Waals surface area contributed by atoms with Gasteiger partial charge in [-0.2, -0.15) is 5.10 Å². The molecule has 7 heteroatoms. The third-order valence-electron chi connectivity index (χ3n) is 3.84. The molecule has 6 nitrogen and oxygen atoms in total. The van der Waals surface area contributed by atoms with Crippen LogP contribution in [0, 0.1) is 5.92 Å². The van der Waals surface area contributed by atoms with Crippen molar-refractivity contribution in [3.05, 3.63) is 12.4 Å². The van der Waals surface area contributed by atoms with Crippen LogP contribution >= 0.6 is 0 Å². The summed E-state index contributed by atoms with van der Waals surface area (Å²) in [5.74, 6) is 0.253. The Kier molecular flexibility index (Phi) is 5.40. The molecular formula is C14H26N4O2S. The molecule has 1 aliphatic rings. The second-order valence-corrected chi connectivity index (χ2v) is 7.89. The van der Waals surface area contributed by atoms with E-state index in [0.29, 0.717) is 6.04 Å². The number of hydrogen-bond acceptors (Lipinski definition) is 4. The first-order valence-corrected chi connectivity index (χ1v) is 9.15. The molecule has 21 heavy (non-hydrogen) atoms. The summed E-state index contributed by atoms with van der Waals surface area (Å²) in [7, 11) is -3.47. The predicted octanol–water partition coefficient (Wildman–Crippen LogP) is 1.35. The lowest BCUT2D eigenvalue weighted by Crippen LogP contribution is -2.35. The summed E-state index contributed by atoms with van der Waals surface area (Å²) in [5, 5.41) is 7.57. The first-order chi connectivity index (χ1) is 9.88. The average Bonchev–Trinajstić information content (AvgIpc) is 3.10. The Hall–Kier alpha value is -0.920. The number of rotatable bonds is 9. The first-order valence-electron chi connectivity index (χ1n) is 7.66. The third-order valence-corrected chi connectivity index (χ3v) is 5.35. The van der Waals surface area contributed by atoms with Crippen LogP contribution in [0.15, 0.2) is 17.3 Å². The van der Waals surface area contributed by atoms with Crippen LogP contribution in [0.4, 0.5) is 0 Å². The zero-order valence-electron chi connectivity index (χ0n) is 13.0. The van der Waals surface area contributed by atoms with E-state index >= 15 is 0 Å². The minimum atomic E-state index is -3.47. The Bertz CT molecular complexity index is 549. The van der Waals surface area contributed by atoms with Gasteiger partial charge in [-0.1, -0.05) is 13.8 Å². The Labute approximate surface area is 127 Å². The number of aryl methyl sites for hydroxylation is 1. The maximum atomic E-state index is 12.2. The van der Waals surface area contributed by atoms with E-state index in [0.717, 1.165) is 19.5 Å². The zero-order chi connectivity index (χ0) is 15.5. The lowest BCUT2D eigenvalue weighted by Gasteiger charge is -2.16. The topological polar surface area (TPSA) is 76.0 Å². The van der Waals surface area contributed by atoms with Gasteiger partial charge >= 0.3 is 0 Å². The van der Waals surface area contributed by atoms with E-state index in [9.17, 15) is 8.42 Å². The van der Waals surface area contributed by atoms with E-state index in [1.165, 1.54) is 19.0 Å². The van der Waals surface area contributed by atoms with E-state index in [1.54, 1.807) is 10.9 Å². The van der Waals surface area contributed by atoms with Gasteiger partial charge in [-0.25, -0.2) is 13.1 Å². The van der Waals surface area contributed by atoms with E-state index in [4.69, 9.17) is 0 Å². The molecule has 0 spiro atoms. The number of sulfonamides is 1. The fourth-order valence-electron chi connectivity index (χ4n) is 1.89. The quantitative estimate of drug-likeness (QED) is 0.675. The molecule has 0 aliphatic heterocycles. The standard InChI is InChI=1S/C14H26N4O2S/c1-11(2)12(3)17-21(19,20)14-9-16-18(10-14)8-4-7-15-13-5-6-13/h9-13,15,17H,4-8H2,1-3H3. The molecule has 2 N–H and O–H groups in total. The Balaban J connectivity index is 1.85. The molecule has 0 amide bonds. The maximum absolute atomic E-state index is 12.2. The van der Waals surface area contributed by atoms with Crippen molar-refractivity contribution in [2.75, 3.05) is 6.54 Å². The lowest BCUT2D eigenvalue weighted by atomic mass is 10.1. The molecule has 0 bridgehead atoms. The van der Waals surface area contributed by atoms with Gasteiger partial charge in [-0.05, 0) is 38.6 Å². The smallest absolute Gasteiger partial charge is 0.243 e. The number of aromatic nitrogens is 2. The molecule has 1 fully saturated rings. The second-order valence-electron chi connectivity index (χ2n) is 6.18. The van der Waals surface area contributed by atoms with E-state index in [2.05, 4.69) is 15.1 Å². The molecule has 0 radical (unpaired) electrons. The van der Waals surface area contributed by atoms with Crippen molar-refractivity contribution >= 4 is 10.0 Å². The summed E-state index contributed by atoms with van der Waals surface area (Å²) in [5.41, 5.74) is 0. The van der Waals surface area contributed by atoms with Gasteiger partial charge in [-0.3, -0.25) is 4.68 Å². The molecule has 0 aromatic carbocycles. The van der Waals surface area contributed by atoms with Crippen molar-refractivity contribution in [3.8, 4) is 0 Å². The minimum absolute atomic E-state index is 0.0962. The second kappa shape index (κ2) is 6.89. The zero-order valence-corrected chi connectivity index (χ0v) is 13.9. The van der Waals surface area contributed by atoms with Crippen molar-refractivity contribution < 1.29 is 8.42 Å². The van der Waals surface area contributed by atoms with Crippen LogP contribution < -0.4 is 10.0 Å². The van der Waals surface area contributed by atoms with Crippen molar-refractivity contribution in [1.82, 2.24) is 19.8 Å². The van der Waals surface area contributed by atoms with Crippen LogP contribution in [-0.2, 0) is 16.6 Å². The molecule has 1 heterocycles.